The van der Waals surface area contributed by atoms with E-state index in [1.54, 1.807) is 0 Å². The third-order valence-corrected chi connectivity index (χ3v) is 2.92. The van der Waals surface area contributed by atoms with Gasteiger partial charge in [0.25, 0.3) is 0 Å². The lowest BCUT2D eigenvalue weighted by atomic mass is 10.1. The van der Waals surface area contributed by atoms with Crippen molar-refractivity contribution in [2.45, 2.75) is 19.5 Å². The molecule has 0 spiro atoms. The third kappa shape index (κ3) is 3.01. The SMILES string of the molecule is C=C(CC)c1nc(-c2ncccc2C(F)(F)F)cnc1N. The molecule has 0 aliphatic carbocycles. The Morgan fingerprint density at radius 3 is 2.67 bits per heavy atom. The number of nitrogen functional groups attached to an aromatic ring is 1. The second kappa shape index (κ2) is 5.51. The number of hydrogen-bond donors (Lipinski definition) is 1. The normalized spacial score (nSPS) is 11.4. The minimum Gasteiger partial charge on any atom is -0.382 e. The van der Waals surface area contributed by atoms with Crippen molar-refractivity contribution in [1.82, 2.24) is 15.0 Å². The van der Waals surface area contributed by atoms with E-state index in [4.69, 9.17) is 5.73 Å². The number of allylic oxidation sites excluding steroid dienone is 1. The van der Waals surface area contributed by atoms with E-state index in [0.717, 1.165) is 6.07 Å². The first-order chi connectivity index (χ1) is 9.84. The molecular formula is C14H13F3N4. The van der Waals surface area contributed by atoms with Crippen molar-refractivity contribution in [3.8, 4) is 11.4 Å². The largest absolute Gasteiger partial charge is 0.418 e. The number of anilines is 1. The van der Waals surface area contributed by atoms with Crippen molar-refractivity contribution in [3.05, 3.63) is 42.4 Å². The number of alkyl halides is 3. The molecule has 2 heterocycles. The molecule has 2 rings (SSSR count). The molecule has 0 aromatic carbocycles. The third-order valence-electron chi connectivity index (χ3n) is 2.92. The second-order valence-corrected chi connectivity index (χ2v) is 4.34. The summed E-state index contributed by atoms with van der Waals surface area (Å²) >= 11 is 0. The van der Waals surface area contributed by atoms with Gasteiger partial charge in [-0.25, -0.2) is 9.97 Å². The fraction of sp³-hybridized carbons (Fsp3) is 0.214. The Balaban J connectivity index is 2.61. The smallest absolute Gasteiger partial charge is 0.382 e. The van der Waals surface area contributed by atoms with Crippen molar-refractivity contribution in [1.29, 1.82) is 0 Å². The van der Waals surface area contributed by atoms with Gasteiger partial charge in [-0.05, 0) is 24.1 Å². The minimum atomic E-state index is -4.52. The first-order valence-corrected chi connectivity index (χ1v) is 6.17. The van der Waals surface area contributed by atoms with E-state index in [1.165, 1.54) is 18.5 Å². The van der Waals surface area contributed by atoms with Crippen LogP contribution in [-0.4, -0.2) is 15.0 Å². The highest BCUT2D eigenvalue weighted by Gasteiger charge is 2.34. The summed E-state index contributed by atoms with van der Waals surface area (Å²) in [7, 11) is 0. The van der Waals surface area contributed by atoms with E-state index in [0.29, 0.717) is 17.7 Å². The van der Waals surface area contributed by atoms with Gasteiger partial charge in [0.2, 0.25) is 0 Å². The van der Waals surface area contributed by atoms with Crippen LogP contribution in [0.3, 0.4) is 0 Å². The van der Waals surface area contributed by atoms with Crippen LogP contribution in [0.2, 0.25) is 0 Å². The quantitative estimate of drug-likeness (QED) is 0.940. The number of pyridine rings is 1. The lowest BCUT2D eigenvalue weighted by Gasteiger charge is -2.12. The molecule has 0 radical (unpaired) electrons. The van der Waals surface area contributed by atoms with E-state index in [1.807, 2.05) is 6.92 Å². The average molecular weight is 294 g/mol. The van der Waals surface area contributed by atoms with Crippen LogP contribution >= 0.6 is 0 Å². The lowest BCUT2D eigenvalue weighted by Crippen LogP contribution is -2.10. The monoisotopic (exact) mass is 294 g/mol. The Morgan fingerprint density at radius 1 is 1.33 bits per heavy atom. The predicted octanol–water partition coefficient (Wildman–Crippen LogP) is 3.56. The number of halogens is 3. The van der Waals surface area contributed by atoms with Crippen LogP contribution in [0.4, 0.5) is 19.0 Å². The van der Waals surface area contributed by atoms with Gasteiger partial charge in [-0.3, -0.25) is 4.98 Å². The van der Waals surface area contributed by atoms with Crippen LogP contribution in [0, 0.1) is 0 Å². The molecule has 0 saturated heterocycles. The highest BCUT2D eigenvalue weighted by molar-refractivity contribution is 5.71. The molecule has 0 fully saturated rings. The van der Waals surface area contributed by atoms with E-state index < -0.39 is 11.7 Å². The summed E-state index contributed by atoms with van der Waals surface area (Å²) < 4.78 is 39.0. The summed E-state index contributed by atoms with van der Waals surface area (Å²) in [4.78, 5) is 11.8. The van der Waals surface area contributed by atoms with Gasteiger partial charge in [0, 0.05) is 6.20 Å². The van der Waals surface area contributed by atoms with Gasteiger partial charge < -0.3 is 5.73 Å². The van der Waals surface area contributed by atoms with Gasteiger partial charge in [0.1, 0.15) is 22.9 Å². The van der Waals surface area contributed by atoms with Crippen molar-refractivity contribution >= 4 is 11.4 Å². The maximum absolute atomic E-state index is 13.0. The topological polar surface area (TPSA) is 64.7 Å². The standard InChI is InChI=1S/C14H13F3N4/c1-3-8(2)11-13(18)20-7-10(21-11)12-9(14(15,16)17)5-4-6-19-12/h4-7H,2-3H2,1H3,(H2,18,20). The zero-order valence-electron chi connectivity index (χ0n) is 11.3. The van der Waals surface area contributed by atoms with Gasteiger partial charge in [-0.2, -0.15) is 13.2 Å². The van der Waals surface area contributed by atoms with Gasteiger partial charge in [-0.1, -0.05) is 13.5 Å². The maximum atomic E-state index is 13.0. The molecule has 0 aliphatic rings. The minimum absolute atomic E-state index is 0.0155. The van der Waals surface area contributed by atoms with E-state index in [2.05, 4.69) is 21.5 Å². The van der Waals surface area contributed by atoms with Crippen molar-refractivity contribution in [2.24, 2.45) is 0 Å². The summed E-state index contributed by atoms with van der Waals surface area (Å²) in [6.07, 6.45) is -1.50. The lowest BCUT2D eigenvalue weighted by molar-refractivity contribution is -0.137. The molecule has 110 valence electrons. The maximum Gasteiger partial charge on any atom is 0.418 e. The molecular weight excluding hydrogens is 281 g/mol. The molecule has 0 atom stereocenters. The Bertz CT molecular complexity index is 680. The number of rotatable bonds is 3. The molecule has 2 aromatic rings. The Labute approximate surface area is 119 Å². The molecule has 7 heteroatoms. The molecule has 2 aromatic heterocycles. The Morgan fingerprint density at radius 2 is 2.05 bits per heavy atom. The average Bonchev–Trinajstić information content (AvgIpc) is 2.46. The Kier molecular flexibility index (Phi) is 3.93. The number of nitrogens with two attached hydrogens (primary N) is 1. The zero-order valence-corrected chi connectivity index (χ0v) is 11.3. The number of nitrogens with zero attached hydrogens (tertiary/aromatic N) is 3. The number of hydrogen-bond acceptors (Lipinski definition) is 4. The molecule has 21 heavy (non-hydrogen) atoms. The molecule has 0 aliphatic heterocycles. The van der Waals surface area contributed by atoms with Crippen LogP contribution < -0.4 is 5.73 Å². The molecule has 0 saturated carbocycles. The van der Waals surface area contributed by atoms with Gasteiger partial charge in [-0.15, -0.1) is 0 Å². The fourth-order valence-electron chi connectivity index (χ4n) is 1.78. The van der Waals surface area contributed by atoms with E-state index in [9.17, 15) is 13.2 Å². The van der Waals surface area contributed by atoms with Crippen LogP contribution in [-0.2, 0) is 6.18 Å². The summed E-state index contributed by atoms with van der Waals surface area (Å²) in [5.41, 5.74) is 5.47. The highest BCUT2D eigenvalue weighted by Crippen LogP contribution is 2.35. The van der Waals surface area contributed by atoms with Crippen molar-refractivity contribution < 1.29 is 13.2 Å². The first kappa shape index (κ1) is 15.0. The summed E-state index contributed by atoms with van der Waals surface area (Å²) in [5.74, 6) is 0.134. The summed E-state index contributed by atoms with van der Waals surface area (Å²) in [6.45, 7) is 5.63. The van der Waals surface area contributed by atoms with E-state index >= 15 is 0 Å². The molecule has 4 nitrogen and oxygen atoms in total. The molecule has 0 amide bonds. The molecule has 0 unspecified atom stereocenters. The van der Waals surface area contributed by atoms with Crippen molar-refractivity contribution in [3.63, 3.8) is 0 Å². The van der Waals surface area contributed by atoms with E-state index in [-0.39, 0.29) is 17.2 Å². The van der Waals surface area contributed by atoms with Gasteiger partial charge >= 0.3 is 6.18 Å². The molecule has 2 N–H and O–H groups in total. The molecule has 0 bridgehead atoms. The van der Waals surface area contributed by atoms with Crippen LogP contribution in [0.5, 0.6) is 0 Å². The predicted molar refractivity (Wildman–Crippen MR) is 74.0 cm³/mol. The van der Waals surface area contributed by atoms with Crippen LogP contribution in [0.25, 0.3) is 17.0 Å². The van der Waals surface area contributed by atoms with Crippen molar-refractivity contribution in [2.75, 3.05) is 5.73 Å². The van der Waals surface area contributed by atoms with Gasteiger partial charge in [0.05, 0.1) is 11.8 Å². The Hall–Kier alpha value is -2.44. The fourth-order valence-corrected chi connectivity index (χ4v) is 1.78. The van der Waals surface area contributed by atoms with Gasteiger partial charge in [0.15, 0.2) is 0 Å². The summed E-state index contributed by atoms with van der Waals surface area (Å²) in [6, 6.07) is 2.18. The first-order valence-electron chi connectivity index (χ1n) is 6.17. The van der Waals surface area contributed by atoms with Crippen LogP contribution in [0.15, 0.2) is 31.1 Å². The second-order valence-electron chi connectivity index (χ2n) is 4.34. The number of aromatic nitrogens is 3. The highest BCUT2D eigenvalue weighted by atomic mass is 19.4. The zero-order chi connectivity index (χ0) is 15.6. The summed E-state index contributed by atoms with van der Waals surface area (Å²) in [5, 5.41) is 0. The van der Waals surface area contributed by atoms with Crippen LogP contribution in [0.1, 0.15) is 24.6 Å².